The Hall–Kier alpha value is -3.90. The summed E-state index contributed by atoms with van der Waals surface area (Å²) in [5.74, 6) is 1.77. The summed E-state index contributed by atoms with van der Waals surface area (Å²) in [6, 6.07) is 17.3. The number of aryl methyl sites for hydroxylation is 2. The lowest BCUT2D eigenvalue weighted by Crippen LogP contribution is -2.55. The van der Waals surface area contributed by atoms with Gasteiger partial charge in [-0.2, -0.15) is 5.26 Å². The molecular formula is C37H47FN6O2. The minimum Gasteiger partial charge on any atom is -0.446 e. The van der Waals surface area contributed by atoms with E-state index in [1.54, 1.807) is 13.1 Å². The first kappa shape index (κ1) is 32.1. The van der Waals surface area contributed by atoms with Gasteiger partial charge >= 0.3 is 6.09 Å². The van der Waals surface area contributed by atoms with Crippen LogP contribution in [0.2, 0.25) is 0 Å². The number of hydrogen-bond acceptors (Lipinski definition) is 6. The number of nitrogens with zero attached hydrogens (tertiary/aromatic N) is 5. The lowest BCUT2D eigenvalue weighted by Gasteiger charge is -2.51. The number of anilines is 1. The van der Waals surface area contributed by atoms with E-state index in [0.717, 1.165) is 88.3 Å². The molecule has 0 bridgehead atoms. The zero-order valence-electron chi connectivity index (χ0n) is 27.4. The van der Waals surface area contributed by atoms with Gasteiger partial charge < -0.3 is 24.4 Å². The van der Waals surface area contributed by atoms with E-state index in [0.29, 0.717) is 18.0 Å². The summed E-state index contributed by atoms with van der Waals surface area (Å²) >= 11 is 0. The first-order valence-electron chi connectivity index (χ1n) is 17.0. The molecule has 9 heteroatoms. The SMILES string of the molecule is CCc1nc(C)cn1CC(c1cccc(F)c1)(C1CCN(CC2CN(c3ccc(C#N)cc3)C2)CC1)[C@H]1CCC[C@@H]1OC(=O)NC. The fourth-order valence-electron chi connectivity index (χ4n) is 8.66. The third-order valence-electron chi connectivity index (χ3n) is 10.8. The molecule has 1 aromatic heterocycles. The second kappa shape index (κ2) is 13.8. The van der Waals surface area contributed by atoms with Gasteiger partial charge in [0.25, 0.3) is 0 Å². The van der Waals surface area contributed by atoms with Crippen LogP contribution < -0.4 is 10.2 Å². The van der Waals surface area contributed by atoms with Crippen molar-refractivity contribution in [1.29, 1.82) is 5.26 Å². The van der Waals surface area contributed by atoms with Gasteiger partial charge in [-0.15, -0.1) is 0 Å². The zero-order valence-corrected chi connectivity index (χ0v) is 27.4. The summed E-state index contributed by atoms with van der Waals surface area (Å²) in [4.78, 5) is 22.4. The average molecular weight is 627 g/mol. The van der Waals surface area contributed by atoms with Crippen LogP contribution >= 0.6 is 0 Å². The van der Waals surface area contributed by atoms with Crippen LogP contribution in [0, 0.1) is 41.8 Å². The first-order valence-corrected chi connectivity index (χ1v) is 17.0. The number of imidazole rings is 1. The van der Waals surface area contributed by atoms with Crippen LogP contribution in [0.5, 0.6) is 0 Å². The maximum absolute atomic E-state index is 15.1. The van der Waals surface area contributed by atoms with Crippen molar-refractivity contribution in [3.63, 3.8) is 0 Å². The number of alkyl carbamates (subject to hydrolysis) is 1. The number of benzene rings is 2. The molecule has 3 heterocycles. The molecule has 3 atom stereocenters. The van der Waals surface area contributed by atoms with E-state index in [-0.39, 0.29) is 23.8 Å². The second-order valence-corrected chi connectivity index (χ2v) is 13.6. The average Bonchev–Trinajstić information content (AvgIpc) is 3.67. The number of aromatic nitrogens is 2. The van der Waals surface area contributed by atoms with E-state index in [9.17, 15) is 4.79 Å². The highest BCUT2D eigenvalue weighted by Crippen LogP contribution is 2.52. The Morgan fingerprint density at radius 1 is 1.13 bits per heavy atom. The highest BCUT2D eigenvalue weighted by molar-refractivity contribution is 5.67. The number of amides is 1. The molecule has 2 aromatic carbocycles. The van der Waals surface area contributed by atoms with Crippen molar-refractivity contribution in [1.82, 2.24) is 19.8 Å². The summed E-state index contributed by atoms with van der Waals surface area (Å²) in [6.45, 7) is 9.97. The Kier molecular flexibility index (Phi) is 9.65. The number of ether oxygens (including phenoxy) is 1. The van der Waals surface area contributed by atoms with Gasteiger partial charge in [0.1, 0.15) is 17.7 Å². The van der Waals surface area contributed by atoms with Crippen molar-refractivity contribution in [2.24, 2.45) is 17.8 Å². The molecule has 244 valence electrons. The maximum atomic E-state index is 15.1. The molecule has 2 saturated heterocycles. The minimum atomic E-state index is -0.427. The predicted molar refractivity (Wildman–Crippen MR) is 177 cm³/mol. The van der Waals surface area contributed by atoms with Gasteiger partial charge in [0.15, 0.2) is 0 Å². The molecule has 46 heavy (non-hydrogen) atoms. The Labute approximate surface area is 272 Å². The van der Waals surface area contributed by atoms with Gasteiger partial charge in [-0.1, -0.05) is 19.1 Å². The van der Waals surface area contributed by atoms with Gasteiger partial charge in [0.05, 0.1) is 17.3 Å². The molecule has 0 radical (unpaired) electrons. The van der Waals surface area contributed by atoms with Crippen LogP contribution in [0.15, 0.2) is 54.7 Å². The van der Waals surface area contributed by atoms with Crippen molar-refractivity contribution in [2.45, 2.75) is 70.4 Å². The monoisotopic (exact) mass is 626 g/mol. The van der Waals surface area contributed by atoms with E-state index >= 15 is 4.39 Å². The van der Waals surface area contributed by atoms with E-state index in [1.165, 1.54) is 11.8 Å². The van der Waals surface area contributed by atoms with Crippen LogP contribution in [0.1, 0.15) is 61.7 Å². The fourth-order valence-corrected chi connectivity index (χ4v) is 8.66. The summed E-state index contributed by atoms with van der Waals surface area (Å²) < 4.78 is 23.5. The van der Waals surface area contributed by atoms with Crippen molar-refractivity contribution in [3.8, 4) is 6.07 Å². The molecule has 1 amide bonds. The number of likely N-dealkylation sites (tertiary alicyclic amines) is 1. The van der Waals surface area contributed by atoms with Gasteiger partial charge in [-0.05, 0) is 100.0 Å². The molecule has 1 saturated carbocycles. The lowest BCUT2D eigenvalue weighted by atomic mass is 9.58. The second-order valence-electron chi connectivity index (χ2n) is 13.6. The molecule has 3 fully saturated rings. The molecule has 8 nitrogen and oxygen atoms in total. The first-order chi connectivity index (χ1) is 22.3. The zero-order chi connectivity index (χ0) is 32.3. The van der Waals surface area contributed by atoms with Crippen LogP contribution in [0.3, 0.4) is 0 Å². The van der Waals surface area contributed by atoms with Crippen molar-refractivity contribution < 1.29 is 13.9 Å². The quantitative estimate of drug-likeness (QED) is 0.294. The largest absolute Gasteiger partial charge is 0.446 e. The number of piperidine rings is 1. The smallest absolute Gasteiger partial charge is 0.407 e. The molecule has 3 aliphatic rings. The summed E-state index contributed by atoms with van der Waals surface area (Å²) in [6.07, 6.45) is 7.04. The van der Waals surface area contributed by atoms with E-state index in [1.807, 2.05) is 37.3 Å². The number of nitriles is 1. The standard InChI is InChI=1S/C37H47FN6O2/c1-4-35-41-26(2)21-44(35)25-37(30-7-5-8-31(38)19-30,33-9-6-10-34(33)46-36(45)40-3)29-15-17-42(18-16-29)22-28-23-43(24-28)32-13-11-27(20-39)12-14-32/h5,7-8,11-14,19,21,28-29,33-34H,4,6,9-10,15-18,22-25H2,1-3H3,(H,40,45)/t33-,34-,37?/m0/s1. The highest BCUT2D eigenvalue weighted by atomic mass is 19.1. The highest BCUT2D eigenvalue weighted by Gasteiger charge is 2.53. The molecule has 0 spiro atoms. The van der Waals surface area contributed by atoms with Crippen LogP contribution in [0.4, 0.5) is 14.9 Å². The number of halogens is 1. The van der Waals surface area contributed by atoms with Crippen molar-refractivity contribution in [2.75, 3.05) is 44.7 Å². The predicted octanol–water partition coefficient (Wildman–Crippen LogP) is 6.08. The van der Waals surface area contributed by atoms with Gasteiger partial charge in [-0.3, -0.25) is 0 Å². The number of carbonyl (C=O) groups is 1. The molecule has 3 aromatic rings. The van der Waals surface area contributed by atoms with E-state index in [2.05, 4.69) is 44.9 Å². The Morgan fingerprint density at radius 2 is 1.89 bits per heavy atom. The normalized spacial score (nSPS) is 22.2. The summed E-state index contributed by atoms with van der Waals surface area (Å²) in [7, 11) is 1.61. The molecule has 6 rings (SSSR count). The summed E-state index contributed by atoms with van der Waals surface area (Å²) in [5.41, 5.74) is 3.44. The summed E-state index contributed by atoms with van der Waals surface area (Å²) in [5, 5.41) is 11.8. The number of carbonyl (C=O) groups excluding carboxylic acids is 1. The van der Waals surface area contributed by atoms with Crippen LogP contribution in [-0.4, -0.2) is 66.4 Å². The minimum absolute atomic E-state index is 0.0585. The van der Waals surface area contributed by atoms with E-state index in [4.69, 9.17) is 15.0 Å². The van der Waals surface area contributed by atoms with Gasteiger partial charge in [0, 0.05) is 68.8 Å². The maximum Gasteiger partial charge on any atom is 0.407 e. The number of nitrogens with one attached hydrogen (secondary N) is 1. The van der Waals surface area contributed by atoms with Crippen molar-refractivity contribution in [3.05, 3.63) is 83.2 Å². The molecule has 2 aliphatic heterocycles. The number of rotatable bonds is 10. The van der Waals surface area contributed by atoms with Gasteiger partial charge in [-0.25, -0.2) is 14.2 Å². The fraction of sp³-hybridized carbons (Fsp3) is 0.541. The van der Waals surface area contributed by atoms with Crippen LogP contribution in [0.25, 0.3) is 0 Å². The molecular weight excluding hydrogens is 579 g/mol. The Balaban J connectivity index is 1.25. The van der Waals surface area contributed by atoms with Crippen LogP contribution in [-0.2, 0) is 23.1 Å². The lowest BCUT2D eigenvalue weighted by molar-refractivity contribution is 0.00160. The third-order valence-corrected chi connectivity index (χ3v) is 10.8. The van der Waals surface area contributed by atoms with Crippen molar-refractivity contribution >= 4 is 11.8 Å². The molecule has 1 aliphatic carbocycles. The van der Waals surface area contributed by atoms with E-state index < -0.39 is 11.5 Å². The third kappa shape index (κ3) is 6.50. The van der Waals surface area contributed by atoms with Gasteiger partial charge in [0.2, 0.25) is 0 Å². The molecule has 1 N–H and O–H groups in total. The topological polar surface area (TPSA) is 86.4 Å². The molecule has 1 unspecified atom stereocenters. The Bertz CT molecular complexity index is 1540. The number of hydrogen-bond donors (Lipinski definition) is 1. The Morgan fingerprint density at radius 3 is 2.57 bits per heavy atom.